The van der Waals surface area contributed by atoms with Crippen molar-refractivity contribution in [1.29, 1.82) is 0 Å². The zero-order valence-corrected chi connectivity index (χ0v) is 9.72. The van der Waals surface area contributed by atoms with Crippen LogP contribution in [0.5, 0.6) is 0 Å². The number of anilines is 1. The van der Waals surface area contributed by atoms with Gasteiger partial charge in [-0.1, -0.05) is 0 Å². The lowest BCUT2D eigenvalue weighted by Gasteiger charge is -2.23. The molecule has 0 aromatic carbocycles. The highest BCUT2D eigenvalue weighted by Gasteiger charge is 2.48. The maximum Gasteiger partial charge on any atom is 0.235 e. The van der Waals surface area contributed by atoms with E-state index in [4.69, 9.17) is 0 Å². The number of carbonyl (C=O) groups excluding carboxylic acids is 1. The van der Waals surface area contributed by atoms with Crippen molar-refractivity contribution in [1.82, 2.24) is 19.9 Å². The summed E-state index contributed by atoms with van der Waals surface area (Å²) in [6, 6.07) is 1.03. The van der Waals surface area contributed by atoms with Gasteiger partial charge >= 0.3 is 0 Å². The number of nitrogens with zero attached hydrogens (tertiary/aromatic N) is 5. The van der Waals surface area contributed by atoms with Crippen molar-refractivity contribution >= 4 is 17.7 Å². The first-order valence-electron chi connectivity index (χ1n) is 5.36. The van der Waals surface area contributed by atoms with Crippen LogP contribution in [-0.2, 0) is 10.3 Å². The predicted octanol–water partition coefficient (Wildman–Crippen LogP) is 1.13. The standard InChI is InChI=1S/C10H8F3N5O/c1-10(18(12)13)4-16(5-19)6-3-14-8-2-7(11)15-17(8)9(6)10/h2-3,5H,4H2,1H3/t10-/m0/s1. The van der Waals surface area contributed by atoms with Gasteiger partial charge in [-0.05, 0) is 6.92 Å². The van der Waals surface area contributed by atoms with E-state index in [0.717, 1.165) is 15.5 Å². The van der Waals surface area contributed by atoms with Crippen molar-refractivity contribution in [2.24, 2.45) is 0 Å². The first-order valence-corrected chi connectivity index (χ1v) is 5.36. The van der Waals surface area contributed by atoms with Crippen LogP contribution in [0.15, 0.2) is 12.3 Å². The summed E-state index contributed by atoms with van der Waals surface area (Å²) in [7, 11) is 0. The van der Waals surface area contributed by atoms with Crippen LogP contribution < -0.4 is 4.90 Å². The molecule has 0 radical (unpaired) electrons. The highest BCUT2D eigenvalue weighted by molar-refractivity contribution is 5.80. The summed E-state index contributed by atoms with van der Waals surface area (Å²) in [6.45, 7) is 0.982. The van der Waals surface area contributed by atoms with Crippen LogP contribution in [0, 0.1) is 5.95 Å². The van der Waals surface area contributed by atoms with Crippen LogP contribution in [0.3, 0.4) is 0 Å². The van der Waals surface area contributed by atoms with E-state index in [1.165, 1.54) is 13.1 Å². The molecule has 1 atom stereocenters. The SMILES string of the molecule is C[C@]1(N(F)F)CN(C=O)c2cnc3cc(F)nn3c21. The highest BCUT2D eigenvalue weighted by Crippen LogP contribution is 2.42. The van der Waals surface area contributed by atoms with Crippen LogP contribution in [-0.4, -0.2) is 32.9 Å². The highest BCUT2D eigenvalue weighted by atomic mass is 19.4. The van der Waals surface area contributed by atoms with E-state index in [-0.39, 0.29) is 23.6 Å². The minimum absolute atomic E-state index is 0.0264. The van der Waals surface area contributed by atoms with Gasteiger partial charge in [0.2, 0.25) is 12.4 Å². The van der Waals surface area contributed by atoms with Crippen molar-refractivity contribution in [3.63, 3.8) is 0 Å². The van der Waals surface area contributed by atoms with Gasteiger partial charge in [0.25, 0.3) is 0 Å². The largest absolute Gasteiger partial charge is 0.309 e. The first kappa shape index (κ1) is 11.9. The van der Waals surface area contributed by atoms with Gasteiger partial charge in [-0.2, -0.15) is 4.39 Å². The van der Waals surface area contributed by atoms with Crippen molar-refractivity contribution in [2.45, 2.75) is 12.5 Å². The molecule has 9 heteroatoms. The smallest absolute Gasteiger partial charge is 0.235 e. The van der Waals surface area contributed by atoms with E-state index in [1.807, 2.05) is 0 Å². The summed E-state index contributed by atoms with van der Waals surface area (Å²) in [4.78, 5) is 15.9. The second-order valence-corrected chi connectivity index (χ2v) is 4.47. The molecule has 1 amide bonds. The Morgan fingerprint density at radius 3 is 2.89 bits per heavy atom. The van der Waals surface area contributed by atoms with E-state index in [1.54, 1.807) is 0 Å². The van der Waals surface area contributed by atoms with Gasteiger partial charge < -0.3 is 4.90 Å². The molecule has 0 fully saturated rings. The maximum absolute atomic E-state index is 13.2. The van der Waals surface area contributed by atoms with Crippen molar-refractivity contribution in [3.8, 4) is 0 Å². The van der Waals surface area contributed by atoms with Crippen LogP contribution in [0.1, 0.15) is 12.6 Å². The summed E-state index contributed by atoms with van der Waals surface area (Å²) in [5.74, 6) is -0.822. The van der Waals surface area contributed by atoms with E-state index in [9.17, 15) is 18.1 Å². The Bertz CT molecular complexity index is 672. The minimum atomic E-state index is -1.77. The lowest BCUT2D eigenvalue weighted by atomic mass is 10.0. The molecule has 0 bridgehead atoms. The zero-order chi connectivity index (χ0) is 13.8. The number of amides is 1. The molecule has 1 aliphatic rings. The Morgan fingerprint density at radius 2 is 2.26 bits per heavy atom. The molecule has 0 saturated heterocycles. The molecule has 2 aromatic heterocycles. The Balaban J connectivity index is 2.36. The van der Waals surface area contributed by atoms with Gasteiger partial charge in [0.15, 0.2) is 5.65 Å². The van der Waals surface area contributed by atoms with Crippen LogP contribution in [0.25, 0.3) is 5.65 Å². The number of hydrogen-bond acceptors (Lipinski definition) is 4. The Kier molecular flexibility index (Phi) is 2.30. The molecular formula is C10H8F3N5O. The zero-order valence-electron chi connectivity index (χ0n) is 9.72. The molecule has 1 aliphatic heterocycles. The maximum atomic E-state index is 13.2. The monoisotopic (exact) mass is 271 g/mol. The fraction of sp³-hybridized carbons (Fsp3) is 0.300. The second-order valence-electron chi connectivity index (χ2n) is 4.47. The number of fused-ring (bicyclic) bond motifs is 3. The Hall–Kier alpha value is -2.16. The lowest BCUT2D eigenvalue weighted by molar-refractivity contribution is -0.227. The van der Waals surface area contributed by atoms with Gasteiger partial charge in [0, 0.05) is 11.4 Å². The molecule has 0 N–H and O–H groups in total. The van der Waals surface area contributed by atoms with E-state index in [0.29, 0.717) is 6.41 Å². The molecule has 3 rings (SSSR count). The van der Waals surface area contributed by atoms with Gasteiger partial charge in [0.1, 0.15) is 5.54 Å². The van der Waals surface area contributed by atoms with E-state index in [2.05, 4.69) is 10.1 Å². The number of aromatic nitrogens is 3. The Labute approximate surface area is 104 Å². The van der Waals surface area contributed by atoms with Gasteiger partial charge in [-0.15, -0.1) is 14.1 Å². The lowest BCUT2D eigenvalue weighted by Crippen LogP contribution is -2.39. The molecule has 0 spiro atoms. The normalized spacial score (nSPS) is 22.3. The molecule has 19 heavy (non-hydrogen) atoms. The number of carbonyl (C=O) groups is 1. The number of rotatable bonds is 2. The summed E-state index contributed by atoms with van der Waals surface area (Å²) in [5, 5.41) is 2.51. The molecule has 0 aliphatic carbocycles. The fourth-order valence-corrected chi connectivity index (χ4v) is 2.33. The van der Waals surface area contributed by atoms with Crippen LogP contribution in [0.4, 0.5) is 19.0 Å². The predicted molar refractivity (Wildman–Crippen MR) is 57.8 cm³/mol. The average Bonchev–Trinajstić information content (AvgIpc) is 2.87. The number of hydrogen-bond donors (Lipinski definition) is 0. The van der Waals surface area contributed by atoms with Crippen LogP contribution in [0.2, 0.25) is 0 Å². The van der Waals surface area contributed by atoms with Crippen molar-refractivity contribution < 1.29 is 18.1 Å². The van der Waals surface area contributed by atoms with E-state index >= 15 is 0 Å². The average molecular weight is 271 g/mol. The summed E-state index contributed by atoms with van der Waals surface area (Å²) < 4.78 is 40.5. The molecule has 0 unspecified atom stereocenters. The topological polar surface area (TPSA) is 53.7 Å². The quantitative estimate of drug-likeness (QED) is 0.607. The molecule has 2 aromatic rings. The van der Waals surface area contributed by atoms with Gasteiger partial charge in [0.05, 0.1) is 24.1 Å². The third kappa shape index (κ3) is 1.44. The van der Waals surface area contributed by atoms with Crippen molar-refractivity contribution in [2.75, 3.05) is 11.4 Å². The molecular weight excluding hydrogens is 263 g/mol. The molecule has 0 saturated carbocycles. The minimum Gasteiger partial charge on any atom is -0.309 e. The molecule has 100 valence electrons. The van der Waals surface area contributed by atoms with Crippen molar-refractivity contribution in [3.05, 3.63) is 23.9 Å². The van der Waals surface area contributed by atoms with E-state index < -0.39 is 16.8 Å². The fourth-order valence-electron chi connectivity index (χ4n) is 2.33. The van der Waals surface area contributed by atoms with Gasteiger partial charge in [-0.3, -0.25) is 4.79 Å². The van der Waals surface area contributed by atoms with Gasteiger partial charge in [-0.25, -0.2) is 9.50 Å². The third-order valence-electron chi connectivity index (χ3n) is 3.23. The second kappa shape index (κ2) is 3.67. The third-order valence-corrected chi connectivity index (χ3v) is 3.23. The first-order chi connectivity index (χ1) is 8.97. The molecule has 3 heterocycles. The summed E-state index contributed by atoms with van der Waals surface area (Å²) in [5.41, 5.74) is -1.44. The Morgan fingerprint density at radius 1 is 1.53 bits per heavy atom. The summed E-state index contributed by atoms with van der Waals surface area (Å²) >= 11 is 0. The van der Waals surface area contributed by atoms with Crippen LogP contribution >= 0.6 is 0 Å². The number of halogens is 3. The molecule has 6 nitrogen and oxygen atoms in total. The summed E-state index contributed by atoms with van der Waals surface area (Å²) in [6.07, 6.45) is 1.69.